The molecule has 3 heteroatoms. The van der Waals surface area contributed by atoms with E-state index >= 15 is 0 Å². The van der Waals surface area contributed by atoms with Gasteiger partial charge < -0.3 is 10.8 Å². The van der Waals surface area contributed by atoms with Crippen LogP contribution in [0.15, 0.2) is 30.3 Å². The number of hydrogen-bond donors (Lipinski definition) is 2. The Morgan fingerprint density at radius 3 is 2.53 bits per heavy atom. The Balaban J connectivity index is 2.50. The fourth-order valence-electron chi connectivity index (χ4n) is 1.60. The number of rotatable bonds is 6. The lowest BCUT2D eigenvalue weighted by molar-refractivity contribution is 0.195. The average molecular weight is 208 g/mol. The first kappa shape index (κ1) is 12.2. The fraction of sp³-hybridized carbons (Fsp3) is 0.500. The van der Waals surface area contributed by atoms with Gasteiger partial charge in [0.2, 0.25) is 0 Å². The molecule has 3 N–H and O–H groups in total. The van der Waals surface area contributed by atoms with E-state index in [1.54, 1.807) is 0 Å². The van der Waals surface area contributed by atoms with Gasteiger partial charge in [0.1, 0.15) is 0 Å². The molecule has 0 saturated heterocycles. The van der Waals surface area contributed by atoms with E-state index in [1.165, 1.54) is 0 Å². The molecular weight excluding hydrogens is 188 g/mol. The highest BCUT2D eigenvalue weighted by atomic mass is 16.3. The fourth-order valence-corrected chi connectivity index (χ4v) is 1.60. The summed E-state index contributed by atoms with van der Waals surface area (Å²) < 4.78 is 0. The minimum Gasteiger partial charge on any atom is -0.395 e. The summed E-state index contributed by atoms with van der Waals surface area (Å²) in [6.45, 7) is 4.67. The van der Waals surface area contributed by atoms with Crippen LogP contribution in [0.4, 0.5) is 0 Å². The third kappa shape index (κ3) is 4.00. The number of aliphatic hydroxyl groups excluding tert-OH is 1. The van der Waals surface area contributed by atoms with Crippen LogP contribution in [0.3, 0.4) is 0 Å². The van der Waals surface area contributed by atoms with Crippen LogP contribution in [0.5, 0.6) is 0 Å². The second-order valence-corrected chi connectivity index (χ2v) is 3.63. The van der Waals surface area contributed by atoms with Crippen molar-refractivity contribution in [2.45, 2.75) is 13.0 Å². The van der Waals surface area contributed by atoms with Crippen LogP contribution in [0, 0.1) is 0 Å². The monoisotopic (exact) mass is 208 g/mol. The van der Waals surface area contributed by atoms with Gasteiger partial charge in [-0.15, -0.1) is 0 Å². The Labute approximate surface area is 91.5 Å². The first-order valence-electron chi connectivity index (χ1n) is 5.41. The summed E-state index contributed by atoms with van der Waals surface area (Å²) in [5, 5.41) is 8.87. The SMILES string of the molecule is CCN(CCO)CC(N)c1ccccc1. The van der Waals surface area contributed by atoms with Crippen LogP contribution in [0.25, 0.3) is 0 Å². The Kier molecular flexibility index (Phi) is 5.32. The van der Waals surface area contributed by atoms with E-state index in [-0.39, 0.29) is 12.6 Å². The zero-order valence-electron chi connectivity index (χ0n) is 9.26. The highest BCUT2D eigenvalue weighted by Crippen LogP contribution is 2.10. The molecule has 15 heavy (non-hydrogen) atoms. The van der Waals surface area contributed by atoms with Crippen molar-refractivity contribution in [2.75, 3.05) is 26.2 Å². The number of hydrogen-bond acceptors (Lipinski definition) is 3. The van der Waals surface area contributed by atoms with Gasteiger partial charge in [0, 0.05) is 19.1 Å². The van der Waals surface area contributed by atoms with Crippen molar-refractivity contribution in [3.63, 3.8) is 0 Å². The molecule has 1 rings (SSSR count). The molecule has 0 spiro atoms. The van der Waals surface area contributed by atoms with Gasteiger partial charge in [-0.1, -0.05) is 37.3 Å². The van der Waals surface area contributed by atoms with Crippen molar-refractivity contribution in [3.8, 4) is 0 Å². The van der Waals surface area contributed by atoms with E-state index in [0.29, 0.717) is 6.54 Å². The smallest absolute Gasteiger partial charge is 0.0558 e. The lowest BCUT2D eigenvalue weighted by Crippen LogP contribution is -2.34. The number of likely N-dealkylation sites (N-methyl/N-ethyl adjacent to an activating group) is 1. The number of nitrogens with zero attached hydrogens (tertiary/aromatic N) is 1. The van der Waals surface area contributed by atoms with Crippen molar-refractivity contribution in [1.82, 2.24) is 4.90 Å². The topological polar surface area (TPSA) is 49.5 Å². The lowest BCUT2D eigenvalue weighted by atomic mass is 10.1. The molecule has 3 nitrogen and oxygen atoms in total. The highest BCUT2D eigenvalue weighted by molar-refractivity contribution is 5.18. The minimum atomic E-state index is 0.0256. The molecule has 1 atom stereocenters. The van der Waals surface area contributed by atoms with Crippen molar-refractivity contribution in [2.24, 2.45) is 5.73 Å². The number of benzene rings is 1. The van der Waals surface area contributed by atoms with Crippen LogP contribution in [0.1, 0.15) is 18.5 Å². The van der Waals surface area contributed by atoms with Gasteiger partial charge >= 0.3 is 0 Å². The molecule has 84 valence electrons. The highest BCUT2D eigenvalue weighted by Gasteiger charge is 2.09. The molecule has 0 aliphatic carbocycles. The first-order valence-corrected chi connectivity index (χ1v) is 5.41. The second-order valence-electron chi connectivity index (χ2n) is 3.63. The summed E-state index contributed by atoms with van der Waals surface area (Å²) in [6.07, 6.45) is 0. The molecule has 0 radical (unpaired) electrons. The summed E-state index contributed by atoms with van der Waals surface area (Å²) in [5.41, 5.74) is 7.23. The molecule has 0 saturated carbocycles. The Hall–Kier alpha value is -0.900. The quantitative estimate of drug-likeness (QED) is 0.733. The van der Waals surface area contributed by atoms with Gasteiger partial charge in [-0.25, -0.2) is 0 Å². The Bertz CT molecular complexity index is 264. The molecule has 0 bridgehead atoms. The van der Waals surface area contributed by atoms with Crippen LogP contribution in [-0.2, 0) is 0 Å². The number of aliphatic hydroxyl groups is 1. The molecule has 0 aliphatic heterocycles. The van der Waals surface area contributed by atoms with Crippen LogP contribution in [-0.4, -0.2) is 36.2 Å². The summed E-state index contributed by atoms with van der Waals surface area (Å²) >= 11 is 0. The minimum absolute atomic E-state index is 0.0256. The molecule has 0 fully saturated rings. The maximum atomic E-state index is 8.87. The van der Waals surface area contributed by atoms with E-state index in [1.807, 2.05) is 30.3 Å². The number of nitrogens with two attached hydrogens (primary N) is 1. The first-order chi connectivity index (χ1) is 7.27. The molecule has 0 amide bonds. The summed E-state index contributed by atoms with van der Waals surface area (Å²) in [6, 6.07) is 10.1. The van der Waals surface area contributed by atoms with Crippen LogP contribution < -0.4 is 5.73 Å². The van der Waals surface area contributed by atoms with Crippen molar-refractivity contribution in [3.05, 3.63) is 35.9 Å². The van der Waals surface area contributed by atoms with Crippen molar-refractivity contribution < 1.29 is 5.11 Å². The third-order valence-electron chi connectivity index (χ3n) is 2.55. The van der Waals surface area contributed by atoms with E-state index in [0.717, 1.165) is 18.7 Å². The normalized spacial score (nSPS) is 13.1. The van der Waals surface area contributed by atoms with Gasteiger partial charge in [0.05, 0.1) is 6.61 Å². The zero-order chi connectivity index (χ0) is 11.1. The molecule has 1 unspecified atom stereocenters. The van der Waals surface area contributed by atoms with Crippen LogP contribution in [0.2, 0.25) is 0 Å². The average Bonchev–Trinajstić information content (AvgIpc) is 2.29. The molecule has 1 aromatic rings. The van der Waals surface area contributed by atoms with Gasteiger partial charge in [-0.05, 0) is 12.1 Å². The van der Waals surface area contributed by atoms with E-state index in [4.69, 9.17) is 10.8 Å². The van der Waals surface area contributed by atoms with E-state index in [9.17, 15) is 0 Å². The summed E-state index contributed by atoms with van der Waals surface area (Å²) in [7, 11) is 0. The van der Waals surface area contributed by atoms with Gasteiger partial charge in [-0.3, -0.25) is 4.90 Å². The molecule has 1 aromatic carbocycles. The molecule has 0 aliphatic rings. The van der Waals surface area contributed by atoms with Crippen molar-refractivity contribution in [1.29, 1.82) is 0 Å². The van der Waals surface area contributed by atoms with E-state index < -0.39 is 0 Å². The molecule has 0 heterocycles. The third-order valence-corrected chi connectivity index (χ3v) is 2.55. The van der Waals surface area contributed by atoms with Gasteiger partial charge in [0.25, 0.3) is 0 Å². The standard InChI is InChI=1S/C12H20N2O/c1-2-14(8-9-15)10-12(13)11-6-4-3-5-7-11/h3-7,12,15H,2,8-10,13H2,1H3. The second kappa shape index (κ2) is 6.56. The largest absolute Gasteiger partial charge is 0.395 e. The molecule has 0 aromatic heterocycles. The Morgan fingerprint density at radius 2 is 2.00 bits per heavy atom. The summed E-state index contributed by atoms with van der Waals surface area (Å²) in [4.78, 5) is 2.15. The maximum Gasteiger partial charge on any atom is 0.0558 e. The van der Waals surface area contributed by atoms with Gasteiger partial charge in [0.15, 0.2) is 0 Å². The molecular formula is C12H20N2O. The Morgan fingerprint density at radius 1 is 1.33 bits per heavy atom. The van der Waals surface area contributed by atoms with Gasteiger partial charge in [-0.2, -0.15) is 0 Å². The van der Waals surface area contributed by atoms with E-state index in [2.05, 4.69) is 11.8 Å². The maximum absolute atomic E-state index is 8.87. The zero-order valence-corrected chi connectivity index (χ0v) is 9.26. The van der Waals surface area contributed by atoms with Crippen molar-refractivity contribution >= 4 is 0 Å². The lowest BCUT2D eigenvalue weighted by Gasteiger charge is -2.23. The van der Waals surface area contributed by atoms with Crippen LogP contribution >= 0.6 is 0 Å². The predicted molar refractivity (Wildman–Crippen MR) is 62.6 cm³/mol. The summed E-state index contributed by atoms with van der Waals surface area (Å²) in [5.74, 6) is 0. The predicted octanol–water partition coefficient (Wildman–Crippen LogP) is 1.00.